The quantitative estimate of drug-likeness (QED) is 0.255. The normalized spacial score (nSPS) is 17.0. The summed E-state index contributed by atoms with van der Waals surface area (Å²) in [7, 11) is -8.10. The molecule has 122 valence electrons. The summed E-state index contributed by atoms with van der Waals surface area (Å²) in [4.78, 5) is 10.2. The van der Waals surface area contributed by atoms with Gasteiger partial charge in [-0.2, -0.15) is 0 Å². The minimum atomic E-state index is -4.23. The Bertz CT molecular complexity index is 397. The van der Waals surface area contributed by atoms with Crippen LogP contribution in [0.1, 0.15) is 41.5 Å². The van der Waals surface area contributed by atoms with Gasteiger partial charge in [-0.05, 0) is 86.7 Å². The Hall–Kier alpha value is 1.76. The third-order valence-corrected chi connectivity index (χ3v) is 13.9. The van der Waals surface area contributed by atoms with E-state index in [1.54, 1.807) is 86.7 Å². The van der Waals surface area contributed by atoms with Gasteiger partial charge in [0.25, 0.3) is 0.911 Å². The van der Waals surface area contributed by atoms with Gasteiger partial charge in [0, 0.05) is 0 Å². The van der Waals surface area contributed by atoms with Crippen LogP contribution in [-0.2, 0) is 22.7 Å². The van der Waals surface area contributed by atoms with Crippen molar-refractivity contribution in [3.05, 3.63) is 0 Å². The Balaban J connectivity index is 5.65. The Labute approximate surface area is 148 Å². The Kier molecular flexibility index (Phi) is 8.74. The Morgan fingerprint density at radius 1 is 0.850 bits per heavy atom. The van der Waals surface area contributed by atoms with Crippen LogP contribution in [0.4, 0.5) is 0 Å². The third-order valence-electron chi connectivity index (χ3n) is 1.72. The van der Waals surface area contributed by atoms with Crippen molar-refractivity contribution in [3.8, 4) is 0 Å². The molecule has 10 heteroatoms. The first-order chi connectivity index (χ1) is 8.75. The van der Waals surface area contributed by atoms with Crippen molar-refractivity contribution in [3.63, 3.8) is 0 Å². The zero-order valence-corrected chi connectivity index (χ0v) is 18.5. The van der Waals surface area contributed by atoms with Crippen molar-refractivity contribution in [1.29, 1.82) is 0 Å². The highest BCUT2D eigenvalue weighted by molar-refractivity contribution is 14.2. The molecule has 0 rings (SSSR count). The number of halogens is 2. The van der Waals surface area contributed by atoms with Crippen molar-refractivity contribution >= 4 is 60.4 Å². The monoisotopic (exact) mass is 554 g/mol. The molecule has 20 heavy (non-hydrogen) atoms. The highest BCUT2D eigenvalue weighted by Crippen LogP contribution is 2.82. The minimum absolute atomic E-state index is 0.414. The van der Waals surface area contributed by atoms with Gasteiger partial charge in [-0.15, -0.1) is 0 Å². The first-order valence-electron chi connectivity index (χ1n) is 6.11. The van der Waals surface area contributed by atoms with Gasteiger partial charge in [-0.1, -0.05) is 0 Å². The second-order valence-electron chi connectivity index (χ2n) is 4.99. The Morgan fingerprint density at radius 3 is 1.40 bits per heavy atom. The first kappa shape index (κ1) is 21.8. The summed E-state index contributed by atoms with van der Waals surface area (Å²) in [5.41, 5.74) is 0. The van der Waals surface area contributed by atoms with Gasteiger partial charge in [-0.3, -0.25) is 9.13 Å². The van der Waals surface area contributed by atoms with E-state index < -0.39 is 34.4 Å². The van der Waals surface area contributed by atoms with E-state index in [0.717, 1.165) is 0 Å². The van der Waals surface area contributed by atoms with Gasteiger partial charge >= 0.3 is 15.2 Å². The predicted molar refractivity (Wildman–Crippen MR) is 96.9 cm³/mol. The van der Waals surface area contributed by atoms with Crippen molar-refractivity contribution in [2.75, 3.05) is 0 Å². The number of hydrogen-bond donors (Lipinski definition) is 1. The topological polar surface area (TPSA) is 82.1 Å². The molecule has 0 aromatic carbocycles. The zero-order valence-electron chi connectivity index (χ0n) is 12.4. The molecule has 1 unspecified atom stereocenters. The molecule has 0 heterocycles. The number of alkyl halides is 2. The molecule has 1 atom stereocenters. The van der Waals surface area contributed by atoms with Crippen LogP contribution in [0.2, 0.25) is 0 Å². The van der Waals surface area contributed by atoms with Crippen LogP contribution in [0, 0.1) is 0 Å². The van der Waals surface area contributed by atoms with Gasteiger partial charge in [-0.25, -0.2) is 0 Å². The molecule has 0 amide bonds. The molecule has 0 spiro atoms. The van der Waals surface area contributed by atoms with Crippen LogP contribution in [0.3, 0.4) is 0 Å². The van der Waals surface area contributed by atoms with Crippen LogP contribution >= 0.6 is 60.4 Å². The molecule has 0 fully saturated rings. The number of hydrogen-bond acceptors (Lipinski definition) is 5. The van der Waals surface area contributed by atoms with Crippen LogP contribution in [0.5, 0.6) is 0 Å². The molecule has 0 saturated carbocycles. The molecule has 0 aliphatic rings. The van der Waals surface area contributed by atoms with Gasteiger partial charge in [0.1, 0.15) is 0 Å². The maximum Gasteiger partial charge on any atom is 0.369 e. The summed E-state index contributed by atoms with van der Waals surface area (Å²) < 4.78 is 39.6. The van der Waals surface area contributed by atoms with E-state index in [4.69, 9.17) is 13.6 Å². The van der Waals surface area contributed by atoms with Crippen molar-refractivity contribution in [2.45, 2.75) is 60.8 Å². The molecule has 0 saturated heterocycles. The second-order valence-corrected chi connectivity index (χ2v) is 18.1. The van der Waals surface area contributed by atoms with E-state index in [1.165, 1.54) is 0 Å². The molecule has 0 aromatic rings. The molecule has 0 bridgehead atoms. The summed E-state index contributed by atoms with van der Waals surface area (Å²) in [6.45, 7) is 10.0. The first-order valence-corrected chi connectivity index (χ1v) is 11.4. The van der Waals surface area contributed by atoms with E-state index >= 15 is 0 Å². The summed E-state index contributed by atoms with van der Waals surface area (Å²) in [5, 5.41) is 0. The lowest BCUT2D eigenvalue weighted by Gasteiger charge is -2.34. The highest BCUT2D eigenvalue weighted by Gasteiger charge is 2.62. The minimum Gasteiger partial charge on any atom is -0.322 e. The lowest BCUT2D eigenvalue weighted by atomic mass is 10.5. The fourth-order valence-electron chi connectivity index (χ4n) is 1.21. The second kappa shape index (κ2) is 8.04. The fraction of sp³-hybridized carbons (Fsp3) is 1.00. The average Bonchev–Trinajstić information content (AvgIpc) is 2.11. The number of rotatable bonds is 8. The van der Waals surface area contributed by atoms with Crippen LogP contribution in [0.15, 0.2) is 0 Å². The van der Waals surface area contributed by atoms with E-state index in [0.29, 0.717) is 0 Å². The summed E-state index contributed by atoms with van der Waals surface area (Å²) >= 11 is 3.27. The van der Waals surface area contributed by atoms with Crippen molar-refractivity contribution in [1.82, 2.24) is 0 Å². The molecular formula is C10H22I2O6P2. The molecule has 0 radical (unpaired) electrons. The van der Waals surface area contributed by atoms with Gasteiger partial charge in [0.15, 0.2) is 0 Å². The third kappa shape index (κ3) is 5.76. The lowest BCUT2D eigenvalue weighted by Crippen LogP contribution is -2.23. The summed E-state index contributed by atoms with van der Waals surface area (Å²) in [6, 6.07) is 0. The summed E-state index contributed by atoms with van der Waals surface area (Å²) in [6.07, 6.45) is -1.31. The van der Waals surface area contributed by atoms with E-state index in [1.807, 2.05) is 0 Å². The highest BCUT2D eigenvalue weighted by atomic mass is 127. The molecular weight excluding hydrogens is 532 g/mol. The van der Waals surface area contributed by atoms with Gasteiger partial charge in [0.2, 0.25) is 0 Å². The van der Waals surface area contributed by atoms with Crippen LogP contribution in [-0.4, -0.2) is 24.1 Å². The molecule has 6 nitrogen and oxygen atoms in total. The average molecular weight is 554 g/mol. The van der Waals surface area contributed by atoms with Crippen LogP contribution in [0.25, 0.3) is 0 Å². The molecule has 0 aliphatic carbocycles. The van der Waals surface area contributed by atoms with Gasteiger partial charge < -0.3 is 18.5 Å². The van der Waals surface area contributed by atoms with E-state index in [2.05, 4.69) is 0 Å². The maximum atomic E-state index is 13.0. The Morgan fingerprint density at radius 2 is 1.15 bits per heavy atom. The van der Waals surface area contributed by atoms with E-state index in [-0.39, 0.29) is 0 Å². The lowest BCUT2D eigenvalue weighted by molar-refractivity contribution is 0.141. The van der Waals surface area contributed by atoms with Crippen molar-refractivity contribution < 1.29 is 27.6 Å². The fourth-order valence-corrected chi connectivity index (χ4v) is 7.03. The smallest absolute Gasteiger partial charge is 0.322 e. The predicted octanol–water partition coefficient (Wildman–Crippen LogP) is 5.12. The largest absolute Gasteiger partial charge is 0.369 e. The molecule has 1 N–H and O–H groups in total. The van der Waals surface area contributed by atoms with Crippen molar-refractivity contribution in [2.24, 2.45) is 0 Å². The van der Waals surface area contributed by atoms with Crippen LogP contribution < -0.4 is 0 Å². The van der Waals surface area contributed by atoms with Gasteiger partial charge in [0.05, 0.1) is 18.3 Å². The van der Waals surface area contributed by atoms with E-state index in [9.17, 15) is 14.0 Å². The molecule has 0 aliphatic heterocycles. The standard InChI is InChI=1S/C10H22I2O6P2/c1-7(2)16-19(13,14)10(11,12)20(15,17-8(3)4)18-9(5)6/h7-9H,1-6H3,(H,13,14). The zero-order chi connectivity index (χ0) is 16.4. The summed E-state index contributed by atoms with van der Waals surface area (Å²) in [5.74, 6) is 0. The molecule has 0 aromatic heterocycles. The SMILES string of the molecule is CC(C)OP(=O)(O)C(I)(I)P(=O)(OC(C)C)OC(C)C. The maximum absolute atomic E-state index is 13.0.